The van der Waals surface area contributed by atoms with Crippen molar-refractivity contribution in [1.29, 1.82) is 0 Å². The minimum absolute atomic E-state index is 0.133. The second-order valence-corrected chi connectivity index (χ2v) is 10.3. The van der Waals surface area contributed by atoms with E-state index in [4.69, 9.17) is 9.47 Å². The molecular formula is C28H33N3O4. The molecule has 0 radical (unpaired) electrons. The molecule has 1 aromatic heterocycles. The number of hydrogen-bond acceptors (Lipinski definition) is 5. The van der Waals surface area contributed by atoms with Crippen LogP contribution >= 0.6 is 0 Å². The van der Waals surface area contributed by atoms with E-state index in [-0.39, 0.29) is 5.91 Å². The third-order valence-electron chi connectivity index (χ3n) is 6.56. The monoisotopic (exact) mass is 475 g/mol. The first kappa shape index (κ1) is 23.4. The molecule has 2 fully saturated rings. The lowest BCUT2D eigenvalue weighted by atomic mass is 10.0. The van der Waals surface area contributed by atoms with Gasteiger partial charge in [0.1, 0.15) is 11.4 Å². The van der Waals surface area contributed by atoms with E-state index in [0.29, 0.717) is 35.5 Å². The van der Waals surface area contributed by atoms with Crippen molar-refractivity contribution in [1.82, 2.24) is 14.8 Å². The molecule has 2 aromatic carbocycles. The van der Waals surface area contributed by atoms with E-state index in [1.807, 2.05) is 70.2 Å². The molecule has 3 aliphatic rings. The number of fused-ring (bicyclic) bond motifs is 3. The average Bonchev–Trinajstić information content (AvgIpc) is 3.14. The van der Waals surface area contributed by atoms with Gasteiger partial charge < -0.3 is 14.8 Å². The van der Waals surface area contributed by atoms with E-state index in [1.54, 1.807) is 0 Å². The Balaban J connectivity index is 0.000000362. The summed E-state index contributed by atoms with van der Waals surface area (Å²) in [5, 5.41) is 3.70. The molecule has 3 aromatic rings. The largest absolute Gasteiger partial charge is 0.494 e. The SMILES string of the molecule is C1CC2CN2C1.CCOc1ccc2c(c1)cc(-c1cccc3c1C(=O)NC3)n2C(=O)OC(C)(C)C. The molecule has 1 amide bonds. The van der Waals surface area contributed by atoms with Crippen LogP contribution in [0.2, 0.25) is 0 Å². The minimum Gasteiger partial charge on any atom is -0.494 e. The fourth-order valence-electron chi connectivity index (χ4n) is 4.95. The second-order valence-electron chi connectivity index (χ2n) is 10.3. The van der Waals surface area contributed by atoms with Gasteiger partial charge in [0.25, 0.3) is 5.91 Å². The lowest BCUT2D eigenvalue weighted by molar-refractivity contribution is 0.0547. The first-order chi connectivity index (χ1) is 16.7. The van der Waals surface area contributed by atoms with E-state index in [0.717, 1.165) is 22.7 Å². The highest BCUT2D eigenvalue weighted by molar-refractivity contribution is 6.06. The summed E-state index contributed by atoms with van der Waals surface area (Å²) in [6.45, 7) is 11.3. The highest BCUT2D eigenvalue weighted by Gasteiger charge is 2.37. The van der Waals surface area contributed by atoms with Gasteiger partial charge in [-0.05, 0) is 76.9 Å². The van der Waals surface area contributed by atoms with Crippen LogP contribution < -0.4 is 10.1 Å². The number of aromatic nitrogens is 1. The van der Waals surface area contributed by atoms with Crippen LogP contribution in [-0.4, -0.2) is 52.8 Å². The molecule has 7 nitrogen and oxygen atoms in total. The molecule has 0 aliphatic carbocycles. The van der Waals surface area contributed by atoms with Gasteiger partial charge in [0.15, 0.2) is 0 Å². The highest BCUT2D eigenvalue weighted by Crippen LogP contribution is 2.35. The van der Waals surface area contributed by atoms with Gasteiger partial charge in [-0.3, -0.25) is 9.69 Å². The lowest BCUT2D eigenvalue weighted by Crippen LogP contribution is -2.27. The predicted molar refractivity (Wildman–Crippen MR) is 136 cm³/mol. The molecule has 0 saturated carbocycles. The summed E-state index contributed by atoms with van der Waals surface area (Å²) < 4.78 is 12.8. The van der Waals surface area contributed by atoms with Crippen molar-refractivity contribution in [3.05, 3.63) is 53.6 Å². The van der Waals surface area contributed by atoms with Crippen molar-refractivity contribution in [3.8, 4) is 17.0 Å². The van der Waals surface area contributed by atoms with Crippen molar-refractivity contribution >= 4 is 22.9 Å². The number of benzene rings is 2. The molecule has 7 heteroatoms. The van der Waals surface area contributed by atoms with Gasteiger partial charge in [0, 0.05) is 30.1 Å². The lowest BCUT2D eigenvalue weighted by Gasteiger charge is -2.21. The minimum atomic E-state index is -0.647. The molecule has 2 atom stereocenters. The fraction of sp³-hybridized carbons (Fsp3) is 0.429. The first-order valence-electron chi connectivity index (χ1n) is 12.4. The van der Waals surface area contributed by atoms with E-state index >= 15 is 0 Å². The molecule has 3 aliphatic heterocycles. The Morgan fingerprint density at radius 3 is 2.63 bits per heavy atom. The number of carbonyl (C=O) groups is 2. The second kappa shape index (κ2) is 9.04. The van der Waals surface area contributed by atoms with E-state index in [9.17, 15) is 9.59 Å². The van der Waals surface area contributed by atoms with E-state index in [2.05, 4.69) is 10.2 Å². The van der Waals surface area contributed by atoms with Gasteiger partial charge in [-0.2, -0.15) is 0 Å². The summed E-state index contributed by atoms with van der Waals surface area (Å²) in [6.07, 6.45) is 2.47. The molecule has 0 bridgehead atoms. The molecule has 184 valence electrons. The topological polar surface area (TPSA) is 72.6 Å². The van der Waals surface area contributed by atoms with E-state index in [1.165, 1.54) is 30.5 Å². The van der Waals surface area contributed by atoms with Gasteiger partial charge in [-0.25, -0.2) is 9.36 Å². The number of piperidine rings is 1. The standard InChI is InChI=1S/C23H24N2O4.C5H9N/c1-5-28-16-9-10-18-15(11-16)12-19(25(18)22(27)29-23(2,3)4)17-8-6-7-14-13-24-21(26)20(14)17;1-2-5-4-6(5)3-1/h6-12H,5,13H2,1-4H3,(H,24,26);5H,1-4H2. The third-order valence-corrected chi connectivity index (χ3v) is 6.56. The van der Waals surface area contributed by atoms with Crippen LogP contribution in [0, 0.1) is 0 Å². The van der Waals surface area contributed by atoms with E-state index < -0.39 is 11.7 Å². The quantitative estimate of drug-likeness (QED) is 0.527. The maximum Gasteiger partial charge on any atom is 0.419 e. The van der Waals surface area contributed by atoms with Crippen molar-refractivity contribution in [2.45, 2.75) is 58.7 Å². The molecule has 35 heavy (non-hydrogen) atoms. The Labute approximate surface area is 206 Å². The number of amides is 1. The predicted octanol–water partition coefficient (Wildman–Crippen LogP) is 5.20. The van der Waals surface area contributed by atoms with Crippen LogP contribution in [0.3, 0.4) is 0 Å². The molecular weight excluding hydrogens is 442 g/mol. The van der Waals surface area contributed by atoms with Crippen LogP contribution in [0.4, 0.5) is 4.79 Å². The van der Waals surface area contributed by atoms with Gasteiger partial charge in [0.05, 0.1) is 23.4 Å². The fourth-order valence-corrected chi connectivity index (χ4v) is 4.95. The van der Waals surface area contributed by atoms with Crippen molar-refractivity contribution in [2.75, 3.05) is 19.7 Å². The summed E-state index contributed by atoms with van der Waals surface area (Å²) in [7, 11) is 0. The summed E-state index contributed by atoms with van der Waals surface area (Å²) in [4.78, 5) is 28.1. The van der Waals surface area contributed by atoms with Gasteiger partial charge in [0.2, 0.25) is 0 Å². The molecule has 6 rings (SSSR count). The molecule has 2 saturated heterocycles. The number of hydrogen-bond donors (Lipinski definition) is 1. The number of carbonyl (C=O) groups excluding carboxylic acids is 2. The zero-order valence-electron chi connectivity index (χ0n) is 20.9. The maximum absolute atomic E-state index is 13.1. The molecule has 4 heterocycles. The van der Waals surface area contributed by atoms with Crippen LogP contribution in [-0.2, 0) is 11.3 Å². The van der Waals surface area contributed by atoms with Crippen LogP contribution in [0.1, 0.15) is 56.5 Å². The third kappa shape index (κ3) is 4.78. The number of nitrogens with one attached hydrogen (secondary N) is 1. The Morgan fingerprint density at radius 2 is 2.00 bits per heavy atom. The molecule has 0 spiro atoms. The Morgan fingerprint density at radius 1 is 1.17 bits per heavy atom. The van der Waals surface area contributed by atoms with Crippen molar-refractivity contribution in [3.63, 3.8) is 0 Å². The highest BCUT2D eigenvalue weighted by atomic mass is 16.6. The van der Waals surface area contributed by atoms with Gasteiger partial charge >= 0.3 is 6.09 Å². The number of nitrogens with zero attached hydrogens (tertiary/aromatic N) is 2. The number of rotatable bonds is 3. The smallest absolute Gasteiger partial charge is 0.419 e. The van der Waals surface area contributed by atoms with Gasteiger partial charge in [-0.1, -0.05) is 18.2 Å². The maximum atomic E-state index is 13.1. The first-order valence-corrected chi connectivity index (χ1v) is 12.4. The average molecular weight is 476 g/mol. The Kier molecular flexibility index (Phi) is 6.05. The zero-order valence-corrected chi connectivity index (χ0v) is 20.9. The molecule has 2 unspecified atom stereocenters. The van der Waals surface area contributed by atoms with Crippen LogP contribution in [0.15, 0.2) is 42.5 Å². The Bertz CT molecular complexity index is 1280. The molecule has 1 N–H and O–H groups in total. The normalized spacial score (nSPS) is 19.9. The number of ether oxygens (including phenoxy) is 2. The van der Waals surface area contributed by atoms with Crippen molar-refractivity contribution in [2.24, 2.45) is 0 Å². The van der Waals surface area contributed by atoms with Gasteiger partial charge in [-0.15, -0.1) is 0 Å². The summed E-state index contributed by atoms with van der Waals surface area (Å²) in [5.41, 5.74) is 2.91. The zero-order chi connectivity index (χ0) is 24.7. The summed E-state index contributed by atoms with van der Waals surface area (Å²) in [6, 6.07) is 14.2. The van der Waals surface area contributed by atoms with Crippen molar-refractivity contribution < 1.29 is 19.1 Å². The van der Waals surface area contributed by atoms with Crippen LogP contribution in [0.25, 0.3) is 22.2 Å². The van der Waals surface area contributed by atoms with Crippen LogP contribution in [0.5, 0.6) is 5.75 Å². The summed E-state index contributed by atoms with van der Waals surface area (Å²) in [5.74, 6) is 0.593. The Hall–Kier alpha value is -3.32. The summed E-state index contributed by atoms with van der Waals surface area (Å²) >= 11 is 0.